The molecule has 1 amide bonds. The van der Waals surface area contributed by atoms with E-state index >= 15 is 0 Å². The average Bonchev–Trinajstić information content (AvgIpc) is 3.27. The molecular weight excluding hydrogens is 449 g/mol. The van der Waals surface area contributed by atoms with Crippen molar-refractivity contribution in [2.45, 2.75) is 26.3 Å². The van der Waals surface area contributed by atoms with Crippen molar-refractivity contribution in [3.63, 3.8) is 0 Å². The van der Waals surface area contributed by atoms with Crippen LogP contribution >= 0.6 is 11.3 Å². The SMILES string of the molecule is Cc1ccc(OCc2csc(C(=O)N3CCN(Cc4cccc(C(F)(F)F)c4)CC3)c2)cc1. The summed E-state index contributed by atoms with van der Waals surface area (Å²) < 4.78 is 44.6. The molecule has 8 heteroatoms. The van der Waals surface area contributed by atoms with Gasteiger partial charge in [-0.25, -0.2) is 0 Å². The van der Waals surface area contributed by atoms with Crippen LogP contribution in [0.2, 0.25) is 0 Å². The third-order valence-corrected chi connectivity index (χ3v) is 6.58. The Morgan fingerprint density at radius 2 is 1.73 bits per heavy atom. The molecule has 4 rings (SSSR count). The molecule has 0 atom stereocenters. The van der Waals surface area contributed by atoms with Gasteiger partial charge in [-0.3, -0.25) is 9.69 Å². The maximum Gasteiger partial charge on any atom is 0.416 e. The smallest absolute Gasteiger partial charge is 0.416 e. The minimum atomic E-state index is -4.34. The summed E-state index contributed by atoms with van der Waals surface area (Å²) in [4.78, 5) is 17.4. The van der Waals surface area contributed by atoms with E-state index in [0.717, 1.165) is 17.4 Å². The number of aryl methyl sites for hydroxylation is 1. The highest BCUT2D eigenvalue weighted by Crippen LogP contribution is 2.30. The minimum Gasteiger partial charge on any atom is -0.489 e. The molecule has 2 heterocycles. The van der Waals surface area contributed by atoms with Gasteiger partial charge >= 0.3 is 6.18 Å². The lowest BCUT2D eigenvalue weighted by Gasteiger charge is -2.34. The molecule has 0 bridgehead atoms. The van der Waals surface area contributed by atoms with Crippen molar-refractivity contribution in [3.8, 4) is 5.75 Å². The second-order valence-electron chi connectivity index (χ2n) is 8.19. The lowest BCUT2D eigenvalue weighted by Crippen LogP contribution is -2.48. The standard InChI is InChI=1S/C25H25F3N2O2S/c1-18-5-7-22(8-6-18)32-16-20-14-23(33-17-20)24(31)30-11-9-29(10-12-30)15-19-3-2-4-21(13-19)25(26,27)28/h2-8,13-14,17H,9-12,15-16H2,1H3. The van der Waals surface area contributed by atoms with E-state index in [4.69, 9.17) is 4.74 Å². The number of carbonyl (C=O) groups is 1. The van der Waals surface area contributed by atoms with Crippen molar-refractivity contribution in [2.75, 3.05) is 26.2 Å². The van der Waals surface area contributed by atoms with E-state index in [1.807, 2.05) is 42.6 Å². The maximum atomic E-state index is 12.9. The van der Waals surface area contributed by atoms with Crippen LogP contribution in [0.1, 0.15) is 31.9 Å². The molecule has 0 saturated carbocycles. The first-order chi connectivity index (χ1) is 15.8. The van der Waals surface area contributed by atoms with E-state index < -0.39 is 11.7 Å². The zero-order valence-corrected chi connectivity index (χ0v) is 19.1. The Balaban J connectivity index is 1.28. The highest BCUT2D eigenvalue weighted by molar-refractivity contribution is 7.12. The van der Waals surface area contributed by atoms with E-state index in [1.165, 1.54) is 29.0 Å². The van der Waals surface area contributed by atoms with Gasteiger partial charge in [-0.05, 0) is 42.1 Å². The largest absolute Gasteiger partial charge is 0.489 e. The Bertz CT molecular complexity index is 1090. The van der Waals surface area contributed by atoms with Crippen LogP contribution < -0.4 is 4.74 Å². The quantitative estimate of drug-likeness (QED) is 0.465. The first-order valence-electron chi connectivity index (χ1n) is 10.7. The summed E-state index contributed by atoms with van der Waals surface area (Å²) in [5.41, 5.74) is 2.11. The fourth-order valence-electron chi connectivity index (χ4n) is 3.73. The molecule has 1 fully saturated rings. The molecule has 1 aliphatic heterocycles. The van der Waals surface area contributed by atoms with E-state index in [2.05, 4.69) is 4.90 Å². The molecule has 2 aromatic carbocycles. The third kappa shape index (κ3) is 6.15. The predicted molar refractivity (Wildman–Crippen MR) is 122 cm³/mol. The van der Waals surface area contributed by atoms with Crippen LogP contribution in [0.3, 0.4) is 0 Å². The summed E-state index contributed by atoms with van der Waals surface area (Å²) in [7, 11) is 0. The number of nitrogens with zero attached hydrogens (tertiary/aromatic N) is 2. The number of hydrogen-bond acceptors (Lipinski definition) is 4. The topological polar surface area (TPSA) is 32.8 Å². The Kier molecular flexibility index (Phi) is 7.05. The zero-order chi connectivity index (χ0) is 23.4. The zero-order valence-electron chi connectivity index (χ0n) is 18.3. The molecule has 3 aromatic rings. The molecule has 174 valence electrons. The van der Waals surface area contributed by atoms with Gasteiger partial charge in [0.1, 0.15) is 12.4 Å². The summed E-state index contributed by atoms with van der Waals surface area (Å²) in [5.74, 6) is 0.775. The first kappa shape index (κ1) is 23.3. The molecule has 0 aliphatic carbocycles. The van der Waals surface area contributed by atoms with Crippen molar-refractivity contribution in [1.82, 2.24) is 9.80 Å². The van der Waals surface area contributed by atoms with Gasteiger partial charge < -0.3 is 9.64 Å². The van der Waals surface area contributed by atoms with Crippen molar-refractivity contribution in [2.24, 2.45) is 0 Å². The van der Waals surface area contributed by atoms with Crippen LogP contribution in [0, 0.1) is 6.92 Å². The summed E-state index contributed by atoms with van der Waals surface area (Å²) in [6.45, 7) is 5.19. The van der Waals surface area contributed by atoms with Crippen molar-refractivity contribution >= 4 is 17.2 Å². The number of alkyl halides is 3. The van der Waals surface area contributed by atoms with Crippen LogP contribution in [-0.2, 0) is 19.3 Å². The Morgan fingerprint density at radius 1 is 1.00 bits per heavy atom. The van der Waals surface area contributed by atoms with Gasteiger partial charge in [0, 0.05) is 38.3 Å². The molecule has 0 radical (unpaired) electrons. The van der Waals surface area contributed by atoms with E-state index in [0.29, 0.717) is 49.8 Å². The number of ether oxygens (including phenoxy) is 1. The number of hydrogen-bond donors (Lipinski definition) is 0. The number of thiophene rings is 1. The van der Waals surface area contributed by atoms with E-state index in [1.54, 1.807) is 11.0 Å². The van der Waals surface area contributed by atoms with Gasteiger partial charge in [0.05, 0.1) is 10.4 Å². The fourth-order valence-corrected chi connectivity index (χ4v) is 4.60. The Hall–Kier alpha value is -2.84. The molecule has 33 heavy (non-hydrogen) atoms. The molecular formula is C25H25F3N2O2S. The van der Waals surface area contributed by atoms with Crippen molar-refractivity contribution in [3.05, 3.63) is 87.1 Å². The highest BCUT2D eigenvalue weighted by atomic mass is 32.1. The van der Waals surface area contributed by atoms with Crippen LogP contribution in [0.5, 0.6) is 5.75 Å². The Labute approximate surface area is 195 Å². The highest BCUT2D eigenvalue weighted by Gasteiger charge is 2.30. The van der Waals surface area contributed by atoms with Gasteiger partial charge in [0.2, 0.25) is 0 Å². The normalized spacial score (nSPS) is 15.0. The lowest BCUT2D eigenvalue weighted by atomic mass is 10.1. The van der Waals surface area contributed by atoms with Gasteiger partial charge in [-0.15, -0.1) is 11.3 Å². The molecule has 1 saturated heterocycles. The van der Waals surface area contributed by atoms with Crippen LogP contribution in [0.4, 0.5) is 13.2 Å². The summed E-state index contributed by atoms with van der Waals surface area (Å²) in [5, 5.41) is 1.94. The van der Waals surface area contributed by atoms with Gasteiger partial charge in [-0.2, -0.15) is 13.2 Å². The number of piperazine rings is 1. The lowest BCUT2D eigenvalue weighted by molar-refractivity contribution is -0.137. The third-order valence-electron chi connectivity index (χ3n) is 5.61. The van der Waals surface area contributed by atoms with E-state index in [9.17, 15) is 18.0 Å². The maximum absolute atomic E-state index is 12.9. The molecule has 4 nitrogen and oxygen atoms in total. The fraction of sp³-hybridized carbons (Fsp3) is 0.320. The first-order valence-corrected chi connectivity index (χ1v) is 11.6. The number of rotatable bonds is 6. The number of benzene rings is 2. The van der Waals surface area contributed by atoms with Gasteiger partial charge in [0.25, 0.3) is 5.91 Å². The summed E-state index contributed by atoms with van der Waals surface area (Å²) in [6.07, 6.45) is -4.34. The number of carbonyl (C=O) groups excluding carboxylic acids is 1. The monoisotopic (exact) mass is 474 g/mol. The predicted octanol–water partition coefficient (Wildman–Crippen LogP) is 5.61. The molecule has 0 N–H and O–H groups in total. The van der Waals surface area contributed by atoms with Gasteiger partial charge in [0.15, 0.2) is 0 Å². The molecule has 0 spiro atoms. The summed E-state index contributed by atoms with van der Waals surface area (Å²) >= 11 is 1.40. The average molecular weight is 475 g/mol. The summed E-state index contributed by atoms with van der Waals surface area (Å²) in [6, 6.07) is 15.1. The van der Waals surface area contributed by atoms with Gasteiger partial charge in [-0.1, -0.05) is 35.9 Å². The second kappa shape index (κ2) is 9.97. The van der Waals surface area contributed by atoms with Crippen molar-refractivity contribution < 1.29 is 22.7 Å². The number of halogens is 3. The molecule has 0 unspecified atom stereocenters. The second-order valence-corrected chi connectivity index (χ2v) is 9.10. The minimum absolute atomic E-state index is 0.0136. The van der Waals surface area contributed by atoms with Crippen molar-refractivity contribution in [1.29, 1.82) is 0 Å². The van der Waals surface area contributed by atoms with Crippen LogP contribution in [0.25, 0.3) is 0 Å². The van der Waals surface area contributed by atoms with Crippen LogP contribution in [-0.4, -0.2) is 41.9 Å². The molecule has 1 aliphatic rings. The number of amides is 1. The van der Waals surface area contributed by atoms with E-state index in [-0.39, 0.29) is 5.91 Å². The molecule has 1 aromatic heterocycles. The van der Waals surface area contributed by atoms with Crippen LogP contribution in [0.15, 0.2) is 60.0 Å². The Morgan fingerprint density at radius 3 is 2.42 bits per heavy atom.